The molecule has 0 aliphatic carbocycles. The Morgan fingerprint density at radius 3 is 2.40 bits per heavy atom. The number of methoxy groups -OCH3 is 1. The molecular weight excluding hydrogens is 264 g/mol. The Labute approximate surface area is 118 Å². The Kier molecular flexibility index (Phi) is 4.97. The Balaban J connectivity index is 2.77. The quantitative estimate of drug-likeness (QED) is 0.775. The van der Waals surface area contributed by atoms with E-state index in [1.807, 2.05) is 0 Å². The Morgan fingerprint density at radius 1 is 1.35 bits per heavy atom. The molecule has 1 aliphatic rings. The SMILES string of the molecule is COC(=O)C1CCN(C(=O)N(CC(=O)O)C(C)(C)C)C1. The maximum absolute atomic E-state index is 12.4. The van der Waals surface area contributed by atoms with Crippen LogP contribution in [0.15, 0.2) is 0 Å². The molecule has 0 aromatic heterocycles. The van der Waals surface area contributed by atoms with Gasteiger partial charge < -0.3 is 19.6 Å². The van der Waals surface area contributed by atoms with Crippen LogP contribution in [0.2, 0.25) is 0 Å². The van der Waals surface area contributed by atoms with Gasteiger partial charge in [0.15, 0.2) is 0 Å². The van der Waals surface area contributed by atoms with E-state index in [0.717, 1.165) is 0 Å². The summed E-state index contributed by atoms with van der Waals surface area (Å²) in [6.07, 6.45) is 0.545. The summed E-state index contributed by atoms with van der Waals surface area (Å²) < 4.78 is 4.67. The van der Waals surface area contributed by atoms with Crippen molar-refractivity contribution in [3.05, 3.63) is 0 Å². The lowest BCUT2D eigenvalue weighted by Crippen LogP contribution is -2.53. The van der Waals surface area contributed by atoms with Crippen molar-refractivity contribution in [3.63, 3.8) is 0 Å². The smallest absolute Gasteiger partial charge is 0.323 e. The maximum atomic E-state index is 12.4. The molecule has 0 aromatic rings. The fraction of sp³-hybridized carbons (Fsp3) is 0.769. The Bertz CT molecular complexity index is 402. The molecule has 1 unspecified atom stereocenters. The molecule has 1 heterocycles. The average molecular weight is 286 g/mol. The molecule has 0 bridgehead atoms. The minimum absolute atomic E-state index is 0.276. The molecule has 1 rings (SSSR count). The Hall–Kier alpha value is -1.79. The van der Waals surface area contributed by atoms with Crippen LogP contribution in [0, 0.1) is 5.92 Å². The van der Waals surface area contributed by atoms with Crippen molar-refractivity contribution < 1.29 is 24.2 Å². The first-order valence-electron chi connectivity index (χ1n) is 6.53. The van der Waals surface area contributed by atoms with Gasteiger partial charge in [0.05, 0.1) is 13.0 Å². The molecule has 1 N–H and O–H groups in total. The lowest BCUT2D eigenvalue weighted by atomic mass is 10.1. The van der Waals surface area contributed by atoms with Crippen LogP contribution < -0.4 is 0 Å². The number of aliphatic carboxylic acids is 1. The molecule has 1 atom stereocenters. The van der Waals surface area contributed by atoms with Crippen molar-refractivity contribution in [2.45, 2.75) is 32.7 Å². The maximum Gasteiger partial charge on any atom is 0.323 e. The summed E-state index contributed by atoms with van der Waals surface area (Å²) in [5, 5.41) is 8.93. The number of likely N-dealkylation sites (tertiary alicyclic amines) is 1. The number of carbonyl (C=O) groups is 3. The van der Waals surface area contributed by atoms with Crippen molar-refractivity contribution in [2.75, 3.05) is 26.7 Å². The van der Waals surface area contributed by atoms with Crippen LogP contribution in [0.3, 0.4) is 0 Å². The van der Waals surface area contributed by atoms with Crippen LogP contribution in [0.4, 0.5) is 4.79 Å². The molecule has 0 radical (unpaired) electrons. The molecule has 1 fully saturated rings. The van der Waals surface area contributed by atoms with Crippen LogP contribution in [0.1, 0.15) is 27.2 Å². The van der Waals surface area contributed by atoms with Crippen LogP contribution in [0.5, 0.6) is 0 Å². The van der Waals surface area contributed by atoms with Crippen LogP contribution in [0.25, 0.3) is 0 Å². The minimum Gasteiger partial charge on any atom is -0.480 e. The molecule has 1 saturated heterocycles. The van der Waals surface area contributed by atoms with Crippen molar-refractivity contribution in [1.29, 1.82) is 0 Å². The molecule has 7 heteroatoms. The zero-order valence-corrected chi connectivity index (χ0v) is 12.4. The summed E-state index contributed by atoms with van der Waals surface area (Å²) in [6, 6.07) is -0.355. The third-order valence-corrected chi connectivity index (χ3v) is 3.33. The highest BCUT2D eigenvalue weighted by Gasteiger charge is 2.37. The van der Waals surface area contributed by atoms with Gasteiger partial charge in [-0.25, -0.2) is 4.79 Å². The number of ether oxygens (including phenoxy) is 1. The van der Waals surface area contributed by atoms with Gasteiger partial charge in [-0.1, -0.05) is 0 Å². The number of hydrogen-bond acceptors (Lipinski definition) is 4. The predicted molar refractivity (Wildman–Crippen MR) is 71.2 cm³/mol. The van der Waals surface area contributed by atoms with E-state index < -0.39 is 11.5 Å². The number of carbonyl (C=O) groups excluding carboxylic acids is 2. The summed E-state index contributed by atoms with van der Waals surface area (Å²) >= 11 is 0. The fourth-order valence-corrected chi connectivity index (χ4v) is 2.19. The highest BCUT2D eigenvalue weighted by atomic mass is 16.5. The highest BCUT2D eigenvalue weighted by molar-refractivity contribution is 5.82. The van der Waals surface area contributed by atoms with Gasteiger partial charge in [-0.15, -0.1) is 0 Å². The zero-order valence-electron chi connectivity index (χ0n) is 12.4. The second-order valence-electron chi connectivity index (χ2n) is 5.89. The largest absolute Gasteiger partial charge is 0.480 e. The molecular formula is C13H22N2O5. The topological polar surface area (TPSA) is 87.2 Å². The van der Waals surface area contributed by atoms with Crippen molar-refractivity contribution >= 4 is 18.0 Å². The highest BCUT2D eigenvalue weighted by Crippen LogP contribution is 2.22. The van der Waals surface area contributed by atoms with E-state index in [-0.39, 0.29) is 31.0 Å². The van der Waals surface area contributed by atoms with Gasteiger partial charge in [0, 0.05) is 18.6 Å². The zero-order chi connectivity index (χ0) is 15.5. The molecule has 0 spiro atoms. The third kappa shape index (κ3) is 3.85. The van der Waals surface area contributed by atoms with E-state index in [1.54, 1.807) is 20.8 Å². The van der Waals surface area contributed by atoms with E-state index >= 15 is 0 Å². The van der Waals surface area contributed by atoms with E-state index in [9.17, 15) is 14.4 Å². The second-order valence-corrected chi connectivity index (χ2v) is 5.89. The number of carboxylic acids is 1. The lowest BCUT2D eigenvalue weighted by molar-refractivity contribution is -0.145. The van der Waals surface area contributed by atoms with E-state index in [0.29, 0.717) is 13.0 Å². The minimum atomic E-state index is -1.06. The van der Waals surface area contributed by atoms with Crippen molar-refractivity contribution in [2.24, 2.45) is 5.92 Å². The number of nitrogens with zero attached hydrogens (tertiary/aromatic N) is 2. The van der Waals surface area contributed by atoms with Gasteiger partial charge in [-0.2, -0.15) is 0 Å². The molecule has 20 heavy (non-hydrogen) atoms. The normalized spacial score (nSPS) is 18.8. The van der Waals surface area contributed by atoms with Gasteiger partial charge in [0.1, 0.15) is 6.54 Å². The summed E-state index contributed by atoms with van der Waals surface area (Å²) in [4.78, 5) is 37.6. The van der Waals surface area contributed by atoms with Crippen LogP contribution >= 0.6 is 0 Å². The number of hydrogen-bond donors (Lipinski definition) is 1. The number of carboxylic acid groups (broad SMARTS) is 1. The standard InChI is InChI=1S/C13H22N2O5/c1-13(2,3)15(8-10(16)17)12(19)14-6-5-9(7-14)11(18)20-4/h9H,5-8H2,1-4H3,(H,16,17). The summed E-state index contributed by atoms with van der Waals surface area (Å²) in [5.41, 5.74) is -0.598. The molecule has 2 amide bonds. The van der Waals surface area contributed by atoms with Crippen LogP contribution in [-0.4, -0.2) is 65.2 Å². The molecule has 114 valence electrons. The number of rotatable bonds is 3. The van der Waals surface area contributed by atoms with Gasteiger partial charge >= 0.3 is 18.0 Å². The summed E-state index contributed by atoms with van der Waals surface area (Å²) in [7, 11) is 1.32. The fourth-order valence-electron chi connectivity index (χ4n) is 2.19. The first kappa shape index (κ1) is 16.3. The monoisotopic (exact) mass is 286 g/mol. The first-order valence-corrected chi connectivity index (χ1v) is 6.53. The first-order chi connectivity index (χ1) is 9.16. The number of urea groups is 1. The van der Waals surface area contributed by atoms with E-state index in [2.05, 4.69) is 4.74 Å². The van der Waals surface area contributed by atoms with E-state index in [1.165, 1.54) is 16.9 Å². The van der Waals surface area contributed by atoms with Gasteiger partial charge in [0.25, 0.3) is 0 Å². The van der Waals surface area contributed by atoms with Gasteiger partial charge in [-0.05, 0) is 27.2 Å². The second kappa shape index (κ2) is 6.11. The molecule has 0 aromatic carbocycles. The summed E-state index contributed by atoms with van der Waals surface area (Å²) in [6.45, 7) is 5.69. The predicted octanol–water partition coefficient (Wildman–Crippen LogP) is 0.786. The Morgan fingerprint density at radius 2 is 1.95 bits per heavy atom. The van der Waals surface area contributed by atoms with Gasteiger partial charge in [-0.3, -0.25) is 9.59 Å². The van der Waals surface area contributed by atoms with Gasteiger partial charge in [0.2, 0.25) is 0 Å². The van der Waals surface area contributed by atoms with E-state index in [4.69, 9.17) is 5.11 Å². The molecule has 1 aliphatic heterocycles. The van der Waals surface area contributed by atoms with Crippen molar-refractivity contribution in [1.82, 2.24) is 9.80 Å². The lowest BCUT2D eigenvalue weighted by Gasteiger charge is -2.37. The average Bonchev–Trinajstić information content (AvgIpc) is 2.82. The number of esters is 1. The molecule has 0 saturated carbocycles. The van der Waals surface area contributed by atoms with Crippen LogP contribution in [-0.2, 0) is 14.3 Å². The third-order valence-electron chi connectivity index (χ3n) is 3.33. The summed E-state index contributed by atoms with van der Waals surface area (Å²) in [5.74, 6) is -1.71. The number of amides is 2. The molecule has 7 nitrogen and oxygen atoms in total. The van der Waals surface area contributed by atoms with Crippen molar-refractivity contribution in [3.8, 4) is 0 Å².